The van der Waals surface area contributed by atoms with Gasteiger partial charge in [0.1, 0.15) is 19.3 Å². The van der Waals surface area contributed by atoms with Crippen molar-refractivity contribution in [3.05, 3.63) is 36.5 Å². The van der Waals surface area contributed by atoms with Gasteiger partial charge in [0, 0.05) is 13.0 Å². The van der Waals surface area contributed by atoms with Crippen LogP contribution in [0.3, 0.4) is 0 Å². The summed E-state index contributed by atoms with van der Waals surface area (Å²) >= 11 is 0. The number of nitrogens with zero attached hydrogens (tertiary/aromatic N) is 1. The van der Waals surface area contributed by atoms with Gasteiger partial charge in [-0.2, -0.15) is 0 Å². The van der Waals surface area contributed by atoms with Crippen molar-refractivity contribution >= 4 is 13.8 Å². The summed E-state index contributed by atoms with van der Waals surface area (Å²) in [6.45, 7) is 5.44. The van der Waals surface area contributed by atoms with Crippen LogP contribution in [0.1, 0.15) is 245 Å². The number of phosphoric ester groups is 1. The number of quaternary nitrogens is 1. The maximum absolute atomic E-state index is 12.8. The third kappa shape index (κ3) is 51.6. The molecule has 0 aliphatic carbocycles. The molecule has 0 radical (unpaired) electrons. The molecule has 0 aromatic heterocycles. The summed E-state index contributed by atoms with van der Waals surface area (Å²) in [5.41, 5.74) is 0. The monoisotopic (exact) mass is 910 g/mol. The Balaban J connectivity index is 4.12. The van der Waals surface area contributed by atoms with Gasteiger partial charge in [-0.15, -0.1) is 0 Å². The van der Waals surface area contributed by atoms with E-state index in [0.717, 1.165) is 51.4 Å². The third-order valence-corrected chi connectivity index (χ3v) is 12.7. The first-order valence-corrected chi connectivity index (χ1v) is 28.2. The van der Waals surface area contributed by atoms with Crippen LogP contribution in [0.2, 0.25) is 0 Å². The summed E-state index contributed by atoms with van der Waals surface area (Å²) in [6, 6.07) is 0. The van der Waals surface area contributed by atoms with E-state index in [1.807, 2.05) is 21.1 Å². The van der Waals surface area contributed by atoms with Crippen LogP contribution in [0.25, 0.3) is 0 Å². The second-order valence-corrected chi connectivity index (χ2v) is 20.7. The second-order valence-electron chi connectivity index (χ2n) is 19.2. The maximum atomic E-state index is 12.8. The van der Waals surface area contributed by atoms with Crippen LogP contribution in [-0.2, 0) is 27.9 Å². The molecule has 0 bridgehead atoms. The molecule has 0 N–H and O–H groups in total. The summed E-state index contributed by atoms with van der Waals surface area (Å²) in [4.78, 5) is 25.2. The fraction of sp³-hybridized carbons (Fsp3) is 0.870. The molecule has 63 heavy (non-hydrogen) atoms. The van der Waals surface area contributed by atoms with Gasteiger partial charge < -0.3 is 27.9 Å². The molecule has 372 valence electrons. The normalized spacial score (nSPS) is 13.8. The Bertz CT molecular complexity index is 1100. The van der Waals surface area contributed by atoms with E-state index >= 15 is 0 Å². The van der Waals surface area contributed by atoms with Crippen LogP contribution in [-0.4, -0.2) is 70.7 Å². The molecule has 0 fully saturated rings. The third-order valence-electron chi connectivity index (χ3n) is 11.7. The molecule has 0 saturated carbocycles. The smallest absolute Gasteiger partial charge is 0.306 e. The maximum Gasteiger partial charge on any atom is 0.306 e. The Kier molecular flexibility index (Phi) is 46.3. The van der Waals surface area contributed by atoms with E-state index in [2.05, 4.69) is 50.3 Å². The molecule has 0 saturated heterocycles. The summed E-state index contributed by atoms with van der Waals surface area (Å²) in [6.07, 6.45) is 57.4. The molecule has 0 spiro atoms. The molecule has 0 heterocycles. The fourth-order valence-corrected chi connectivity index (χ4v) is 8.28. The van der Waals surface area contributed by atoms with E-state index in [1.165, 1.54) is 173 Å². The van der Waals surface area contributed by atoms with E-state index in [-0.39, 0.29) is 25.8 Å². The summed E-state index contributed by atoms with van der Waals surface area (Å²) < 4.78 is 34.8. The van der Waals surface area contributed by atoms with Crippen molar-refractivity contribution in [2.75, 3.05) is 54.1 Å². The minimum absolute atomic E-state index is 0.0257. The molecule has 8 nitrogen and oxygen atoms in total. The summed E-state index contributed by atoms with van der Waals surface area (Å²) in [5, 5.41) is 0. The number of carbonyl (C=O) groups excluding carboxylic acids is 1. The molecule has 0 aromatic rings. The van der Waals surface area contributed by atoms with Crippen molar-refractivity contribution in [3.8, 4) is 0 Å². The van der Waals surface area contributed by atoms with E-state index < -0.39 is 13.9 Å². The van der Waals surface area contributed by atoms with Crippen LogP contribution in [0.5, 0.6) is 0 Å². The highest BCUT2D eigenvalue weighted by molar-refractivity contribution is 7.45. The highest BCUT2D eigenvalue weighted by Crippen LogP contribution is 2.38. The van der Waals surface area contributed by atoms with Crippen LogP contribution < -0.4 is 4.89 Å². The number of ether oxygens (including phenoxy) is 2. The number of phosphoric acid groups is 1. The molecule has 9 heteroatoms. The van der Waals surface area contributed by atoms with Gasteiger partial charge in [0.05, 0.1) is 34.4 Å². The van der Waals surface area contributed by atoms with Gasteiger partial charge in [-0.1, -0.05) is 224 Å². The van der Waals surface area contributed by atoms with Gasteiger partial charge in [-0.3, -0.25) is 9.36 Å². The zero-order chi connectivity index (χ0) is 46.2. The lowest BCUT2D eigenvalue weighted by Crippen LogP contribution is -2.37. The highest BCUT2D eigenvalue weighted by Gasteiger charge is 2.20. The minimum atomic E-state index is -4.53. The van der Waals surface area contributed by atoms with Crippen molar-refractivity contribution in [2.24, 2.45) is 0 Å². The molecule has 2 atom stereocenters. The van der Waals surface area contributed by atoms with Gasteiger partial charge >= 0.3 is 5.97 Å². The van der Waals surface area contributed by atoms with Crippen LogP contribution in [0.15, 0.2) is 36.5 Å². The Morgan fingerprint density at radius 3 is 1.30 bits per heavy atom. The van der Waals surface area contributed by atoms with Crippen molar-refractivity contribution in [2.45, 2.75) is 251 Å². The lowest BCUT2D eigenvalue weighted by atomic mass is 10.0. The lowest BCUT2D eigenvalue weighted by Gasteiger charge is -2.28. The largest absolute Gasteiger partial charge is 0.756 e. The number of rotatable bonds is 50. The van der Waals surface area contributed by atoms with Crippen LogP contribution >= 0.6 is 7.82 Å². The summed E-state index contributed by atoms with van der Waals surface area (Å²) in [5.74, 6) is -0.337. The molecule has 0 aliphatic heterocycles. The Morgan fingerprint density at radius 2 is 0.873 bits per heavy atom. The quantitative estimate of drug-likeness (QED) is 0.0197. The number of likely N-dealkylation sites (N-methyl/N-ethyl adjacent to an activating group) is 1. The van der Waals surface area contributed by atoms with E-state index in [4.69, 9.17) is 18.5 Å². The number of hydrogen-bond donors (Lipinski definition) is 0. The Hall–Kier alpha value is -1.28. The standard InChI is InChI=1S/C54H104NO7P/c1-6-8-10-12-14-16-18-20-22-24-26-27-28-29-30-31-33-35-37-39-41-43-45-47-54(56)62-53(52-61-63(57,58)60-50-48-55(3,4)5)51-59-49-46-44-42-40-38-36-34-32-25-23-21-19-17-15-13-11-9-7-2/h18,20,24,26,28-29,53H,6-17,19,21-23,25,27,30-52H2,1-5H3/b20-18-,26-24-,29-28-. The fourth-order valence-electron chi connectivity index (χ4n) is 7.56. The number of unbranched alkanes of at least 4 members (excludes halogenated alkanes) is 30. The number of allylic oxidation sites excluding steroid dienone is 6. The predicted octanol–water partition coefficient (Wildman–Crippen LogP) is 15.9. The zero-order valence-corrected chi connectivity index (χ0v) is 43.2. The Labute approximate surface area is 391 Å². The molecule has 0 rings (SSSR count). The SMILES string of the molecule is CCCCCCC/C=C\C/C=C\C/C=C\CCCCCCCCCCC(=O)OC(COCCCCCCCCCCCCCCCCCCCC)COP(=O)([O-])OCC[N+](C)(C)C. The average Bonchev–Trinajstić information content (AvgIpc) is 3.24. The van der Waals surface area contributed by atoms with Gasteiger partial charge in [0.2, 0.25) is 0 Å². The molecule has 0 aliphatic rings. The molecular weight excluding hydrogens is 806 g/mol. The van der Waals surface area contributed by atoms with Gasteiger partial charge in [0.25, 0.3) is 7.82 Å². The second kappa shape index (κ2) is 47.2. The summed E-state index contributed by atoms with van der Waals surface area (Å²) in [7, 11) is 1.36. The highest BCUT2D eigenvalue weighted by atomic mass is 31.2. The molecule has 2 unspecified atom stereocenters. The molecule has 0 aromatic carbocycles. The Morgan fingerprint density at radius 1 is 0.492 bits per heavy atom. The lowest BCUT2D eigenvalue weighted by molar-refractivity contribution is -0.870. The molecular formula is C54H104NO7P. The average molecular weight is 910 g/mol. The van der Waals surface area contributed by atoms with E-state index in [0.29, 0.717) is 24.1 Å². The number of esters is 1. The van der Waals surface area contributed by atoms with E-state index in [9.17, 15) is 14.3 Å². The van der Waals surface area contributed by atoms with Crippen molar-refractivity contribution < 1.29 is 37.3 Å². The van der Waals surface area contributed by atoms with Gasteiger partial charge in [-0.05, 0) is 51.4 Å². The predicted molar refractivity (Wildman–Crippen MR) is 268 cm³/mol. The van der Waals surface area contributed by atoms with Crippen LogP contribution in [0.4, 0.5) is 0 Å². The van der Waals surface area contributed by atoms with Crippen molar-refractivity contribution in [3.63, 3.8) is 0 Å². The first-order chi connectivity index (χ1) is 30.6. The topological polar surface area (TPSA) is 94.1 Å². The van der Waals surface area contributed by atoms with Gasteiger partial charge in [0.15, 0.2) is 0 Å². The van der Waals surface area contributed by atoms with E-state index in [1.54, 1.807) is 0 Å². The van der Waals surface area contributed by atoms with Crippen molar-refractivity contribution in [1.82, 2.24) is 0 Å². The number of hydrogen-bond acceptors (Lipinski definition) is 7. The number of carbonyl (C=O) groups is 1. The van der Waals surface area contributed by atoms with Crippen LogP contribution in [0, 0.1) is 0 Å². The molecule has 0 amide bonds. The zero-order valence-electron chi connectivity index (χ0n) is 42.3. The first kappa shape index (κ1) is 61.7. The minimum Gasteiger partial charge on any atom is -0.756 e. The first-order valence-electron chi connectivity index (χ1n) is 26.7. The van der Waals surface area contributed by atoms with Gasteiger partial charge in [-0.25, -0.2) is 0 Å². The van der Waals surface area contributed by atoms with Crippen molar-refractivity contribution in [1.29, 1.82) is 0 Å².